The molecule has 8 heteroatoms. The van der Waals surface area contributed by atoms with Gasteiger partial charge in [0.1, 0.15) is 5.57 Å². The summed E-state index contributed by atoms with van der Waals surface area (Å²) in [4.78, 5) is 40.0. The normalized spacial score (nSPS) is 15.8. The maximum absolute atomic E-state index is 13.5. The third kappa shape index (κ3) is 4.44. The van der Waals surface area contributed by atoms with E-state index < -0.39 is 23.9 Å². The van der Waals surface area contributed by atoms with Gasteiger partial charge in [0.15, 0.2) is 0 Å². The van der Waals surface area contributed by atoms with E-state index in [4.69, 9.17) is 16.7 Å². The monoisotopic (exact) mass is 496 g/mol. The number of aromatic nitrogens is 2. The number of barbiturate groups is 1. The molecule has 1 aliphatic heterocycles. The quantitative estimate of drug-likeness (QED) is 0.295. The van der Waals surface area contributed by atoms with Crippen LogP contribution in [0.3, 0.4) is 0 Å². The van der Waals surface area contributed by atoms with Crippen molar-refractivity contribution in [3.8, 4) is 16.9 Å². The fourth-order valence-electron chi connectivity index (χ4n) is 4.10. The Morgan fingerprint density at radius 3 is 2.19 bits per heavy atom. The van der Waals surface area contributed by atoms with Crippen LogP contribution in [0.15, 0.2) is 96.7 Å². The Labute approximate surface area is 212 Å². The number of nitrogens with zero attached hydrogens (tertiary/aromatic N) is 3. The molecule has 1 aliphatic rings. The van der Waals surface area contributed by atoms with E-state index in [-0.39, 0.29) is 5.57 Å². The van der Waals surface area contributed by atoms with Crippen LogP contribution in [0, 0.1) is 0 Å². The van der Waals surface area contributed by atoms with E-state index in [1.54, 1.807) is 29.9 Å². The number of carbonyl (C=O) groups excluding carboxylic acids is 3. The molecule has 5 rings (SSSR count). The van der Waals surface area contributed by atoms with E-state index in [1.807, 2.05) is 72.8 Å². The van der Waals surface area contributed by atoms with Crippen LogP contribution in [0.4, 0.5) is 4.79 Å². The zero-order chi connectivity index (χ0) is 25.2. The molecule has 1 fully saturated rings. The lowest BCUT2D eigenvalue weighted by molar-refractivity contribution is -0.131. The Hall–Kier alpha value is -4.49. The van der Waals surface area contributed by atoms with Gasteiger partial charge in [0.05, 0.1) is 17.4 Å². The fraction of sp³-hybridized carbons (Fsp3) is 0.0714. The van der Waals surface area contributed by atoms with Gasteiger partial charge in [-0.1, -0.05) is 72.3 Å². The SMILES string of the molecule is C[C@H](c1ccccc1)N1C(=O)NC(=O)/C(=C/c2cn(-c3ccccc3)nc2-c2ccc(Cl)cc2)C1=O. The van der Waals surface area contributed by atoms with Gasteiger partial charge >= 0.3 is 6.03 Å². The summed E-state index contributed by atoms with van der Waals surface area (Å²) >= 11 is 6.07. The summed E-state index contributed by atoms with van der Waals surface area (Å²) in [5, 5.41) is 7.59. The molecule has 0 radical (unpaired) electrons. The molecule has 3 aromatic carbocycles. The third-order valence-corrected chi connectivity index (χ3v) is 6.24. The largest absolute Gasteiger partial charge is 0.331 e. The Bertz CT molecular complexity index is 1480. The van der Waals surface area contributed by atoms with Crippen LogP contribution < -0.4 is 5.32 Å². The first-order chi connectivity index (χ1) is 17.4. The first-order valence-corrected chi connectivity index (χ1v) is 11.7. The van der Waals surface area contributed by atoms with Gasteiger partial charge in [-0.15, -0.1) is 0 Å². The highest BCUT2D eigenvalue weighted by molar-refractivity contribution is 6.31. The van der Waals surface area contributed by atoms with E-state index in [1.165, 1.54) is 6.08 Å². The molecule has 36 heavy (non-hydrogen) atoms. The molecule has 4 amide bonds. The van der Waals surface area contributed by atoms with Crippen molar-refractivity contribution in [2.75, 3.05) is 0 Å². The van der Waals surface area contributed by atoms with Gasteiger partial charge in [-0.25, -0.2) is 9.48 Å². The number of hydrogen-bond donors (Lipinski definition) is 1. The van der Waals surface area contributed by atoms with Crippen LogP contribution in [-0.4, -0.2) is 32.5 Å². The molecule has 0 saturated carbocycles. The van der Waals surface area contributed by atoms with Gasteiger partial charge < -0.3 is 0 Å². The number of benzene rings is 3. The number of halogens is 1. The van der Waals surface area contributed by atoms with Crippen LogP contribution >= 0.6 is 11.6 Å². The van der Waals surface area contributed by atoms with Crippen LogP contribution in [0.1, 0.15) is 24.1 Å². The van der Waals surface area contributed by atoms with Crippen molar-refractivity contribution in [2.45, 2.75) is 13.0 Å². The topological polar surface area (TPSA) is 84.3 Å². The molecule has 0 bridgehead atoms. The summed E-state index contributed by atoms with van der Waals surface area (Å²) in [6.07, 6.45) is 3.22. The maximum Gasteiger partial charge on any atom is 0.331 e. The average Bonchev–Trinajstić information content (AvgIpc) is 3.32. The molecule has 1 saturated heterocycles. The second-order valence-corrected chi connectivity index (χ2v) is 8.74. The Morgan fingerprint density at radius 2 is 1.53 bits per heavy atom. The summed E-state index contributed by atoms with van der Waals surface area (Å²) in [5.41, 5.74) is 3.29. The van der Waals surface area contributed by atoms with Gasteiger partial charge in [-0.2, -0.15) is 5.10 Å². The molecule has 1 aromatic heterocycles. The predicted molar refractivity (Wildman–Crippen MR) is 137 cm³/mol. The minimum Gasteiger partial charge on any atom is -0.273 e. The van der Waals surface area contributed by atoms with Crippen molar-refractivity contribution < 1.29 is 14.4 Å². The number of urea groups is 1. The molecule has 1 N–H and O–H groups in total. The van der Waals surface area contributed by atoms with Gasteiger partial charge in [0, 0.05) is 22.3 Å². The predicted octanol–water partition coefficient (Wildman–Crippen LogP) is 5.42. The Morgan fingerprint density at radius 1 is 0.889 bits per heavy atom. The lowest BCUT2D eigenvalue weighted by atomic mass is 10.0. The first-order valence-electron chi connectivity index (χ1n) is 11.3. The summed E-state index contributed by atoms with van der Waals surface area (Å²) < 4.78 is 1.68. The minimum atomic E-state index is -0.754. The molecule has 4 aromatic rings. The number of para-hydroxylation sites is 1. The maximum atomic E-state index is 13.5. The van der Waals surface area contributed by atoms with E-state index >= 15 is 0 Å². The molecule has 178 valence electrons. The lowest BCUT2D eigenvalue weighted by Crippen LogP contribution is -2.54. The summed E-state index contributed by atoms with van der Waals surface area (Å²) in [6, 6.07) is 24.5. The Kier molecular flexibility index (Phi) is 6.23. The van der Waals surface area contributed by atoms with E-state index in [9.17, 15) is 14.4 Å². The van der Waals surface area contributed by atoms with Crippen molar-refractivity contribution >= 4 is 35.5 Å². The van der Waals surface area contributed by atoms with E-state index in [0.717, 1.165) is 21.7 Å². The number of carbonyl (C=O) groups is 3. The third-order valence-electron chi connectivity index (χ3n) is 5.98. The second-order valence-electron chi connectivity index (χ2n) is 8.30. The van der Waals surface area contributed by atoms with Gasteiger partial charge in [-0.05, 0) is 42.8 Å². The molecule has 1 atom stereocenters. The number of imide groups is 2. The smallest absolute Gasteiger partial charge is 0.273 e. The molecule has 2 heterocycles. The average molecular weight is 497 g/mol. The van der Waals surface area contributed by atoms with E-state index in [0.29, 0.717) is 16.3 Å². The number of rotatable bonds is 5. The molecular formula is C28H21ClN4O3. The summed E-state index contributed by atoms with van der Waals surface area (Å²) in [7, 11) is 0. The van der Waals surface area contributed by atoms with Crippen LogP contribution in [0.5, 0.6) is 0 Å². The highest BCUT2D eigenvalue weighted by Gasteiger charge is 2.39. The van der Waals surface area contributed by atoms with Gasteiger partial charge in [0.2, 0.25) is 0 Å². The van der Waals surface area contributed by atoms with Crippen LogP contribution in [0.2, 0.25) is 5.02 Å². The zero-order valence-electron chi connectivity index (χ0n) is 19.3. The number of nitrogens with one attached hydrogen (secondary N) is 1. The highest BCUT2D eigenvalue weighted by Crippen LogP contribution is 2.30. The van der Waals surface area contributed by atoms with Gasteiger partial charge in [0.25, 0.3) is 11.8 Å². The summed E-state index contributed by atoms with van der Waals surface area (Å²) in [5.74, 6) is -1.43. The molecule has 0 unspecified atom stereocenters. The van der Waals surface area contributed by atoms with Crippen LogP contribution in [0.25, 0.3) is 23.0 Å². The zero-order valence-corrected chi connectivity index (χ0v) is 20.0. The van der Waals surface area contributed by atoms with Crippen molar-refractivity contribution in [1.82, 2.24) is 20.0 Å². The standard InChI is InChI=1S/C28H21ClN4O3/c1-18(19-8-4-2-5-9-19)33-27(35)24(26(34)30-28(33)36)16-21-17-32(23-10-6-3-7-11-23)31-25(21)20-12-14-22(29)15-13-20/h2-18H,1H3,(H,30,34,36)/b24-16-/t18-/m1/s1. The minimum absolute atomic E-state index is 0.153. The number of hydrogen-bond acceptors (Lipinski definition) is 4. The van der Waals surface area contributed by atoms with E-state index in [2.05, 4.69) is 5.32 Å². The highest BCUT2D eigenvalue weighted by atomic mass is 35.5. The summed E-state index contributed by atoms with van der Waals surface area (Å²) in [6.45, 7) is 1.74. The van der Waals surface area contributed by atoms with Crippen molar-refractivity contribution in [3.05, 3.63) is 113 Å². The first kappa shape index (κ1) is 23.3. The molecular weight excluding hydrogens is 476 g/mol. The van der Waals surface area contributed by atoms with Gasteiger partial charge in [-0.3, -0.25) is 19.8 Å². The van der Waals surface area contributed by atoms with Crippen molar-refractivity contribution in [2.24, 2.45) is 0 Å². The molecule has 7 nitrogen and oxygen atoms in total. The van der Waals surface area contributed by atoms with Crippen molar-refractivity contribution in [1.29, 1.82) is 0 Å². The Balaban J connectivity index is 1.60. The second kappa shape index (κ2) is 9.64. The number of amides is 4. The molecule has 0 spiro atoms. The van der Waals surface area contributed by atoms with Crippen LogP contribution in [-0.2, 0) is 9.59 Å². The molecule has 0 aliphatic carbocycles. The lowest BCUT2D eigenvalue weighted by Gasteiger charge is -2.31. The van der Waals surface area contributed by atoms with Crippen molar-refractivity contribution in [3.63, 3.8) is 0 Å². The fourth-order valence-corrected chi connectivity index (χ4v) is 4.22.